The van der Waals surface area contributed by atoms with E-state index in [-0.39, 0.29) is 17.8 Å². The van der Waals surface area contributed by atoms with Crippen molar-refractivity contribution in [2.45, 2.75) is 52.7 Å². The van der Waals surface area contributed by atoms with Gasteiger partial charge in [0.2, 0.25) is 0 Å². The molecule has 1 aromatic heterocycles. The van der Waals surface area contributed by atoms with Crippen LogP contribution in [0.15, 0.2) is 48.0 Å². The molecule has 0 atom stereocenters. The number of aromatic nitrogens is 1. The molecule has 200 valence electrons. The van der Waals surface area contributed by atoms with Gasteiger partial charge in [-0.05, 0) is 71.9 Å². The average molecular weight is 558 g/mol. The number of nitrogens with one attached hydrogen (secondary N) is 1. The zero-order chi connectivity index (χ0) is 28.0. The molecule has 1 aliphatic heterocycles. The molecule has 0 aliphatic carbocycles. The Labute approximate surface area is 231 Å². The summed E-state index contributed by atoms with van der Waals surface area (Å²) in [6, 6.07) is 12.0. The summed E-state index contributed by atoms with van der Waals surface area (Å²) in [4.78, 5) is 43.1. The van der Waals surface area contributed by atoms with E-state index in [2.05, 4.69) is 4.98 Å². The van der Waals surface area contributed by atoms with E-state index in [0.29, 0.717) is 32.2 Å². The van der Waals surface area contributed by atoms with Crippen LogP contribution in [0, 0.1) is 0 Å². The second-order valence-corrected chi connectivity index (χ2v) is 11.7. The van der Waals surface area contributed by atoms with Gasteiger partial charge in [0.1, 0.15) is 16.9 Å². The van der Waals surface area contributed by atoms with E-state index in [4.69, 9.17) is 32.7 Å². The summed E-state index contributed by atoms with van der Waals surface area (Å²) in [5, 5.41) is 3.66. The summed E-state index contributed by atoms with van der Waals surface area (Å²) in [6.07, 6.45) is 0.870. The van der Waals surface area contributed by atoms with Crippen LogP contribution in [0.1, 0.15) is 57.6 Å². The van der Waals surface area contributed by atoms with Crippen LogP contribution in [-0.2, 0) is 14.3 Å². The summed E-state index contributed by atoms with van der Waals surface area (Å²) >= 11 is 12.8. The number of amides is 2. The number of halogens is 2. The standard InChI is InChI=1S/C28H29Cl2N3O5/c1-27(2,3)37-25(35)23-19(22-20(30)13-17(29)14-21(22)31-23)12-16-15-32(26(36)38-28(4,5)6)33(24(16)34)18-10-8-7-9-11-18/h7-14,31H,15H2,1-6H3. The molecule has 1 N–H and O–H groups in total. The Balaban J connectivity index is 1.87. The van der Waals surface area contributed by atoms with Gasteiger partial charge in [-0.15, -0.1) is 0 Å². The number of fused-ring (bicyclic) bond motifs is 1. The number of hydrazine groups is 1. The van der Waals surface area contributed by atoms with Crippen LogP contribution in [0.4, 0.5) is 10.5 Å². The molecule has 1 fully saturated rings. The highest BCUT2D eigenvalue weighted by Gasteiger charge is 2.40. The number of carbonyl (C=O) groups excluding carboxylic acids is 3. The van der Waals surface area contributed by atoms with E-state index in [1.165, 1.54) is 10.0 Å². The zero-order valence-electron chi connectivity index (χ0n) is 22.0. The van der Waals surface area contributed by atoms with Crippen LogP contribution in [0.2, 0.25) is 10.0 Å². The number of aromatic amines is 1. The molecule has 2 aromatic carbocycles. The Bertz CT molecular complexity index is 1450. The van der Waals surface area contributed by atoms with E-state index in [1.807, 2.05) is 6.07 Å². The summed E-state index contributed by atoms with van der Waals surface area (Å²) in [6.45, 7) is 10.4. The summed E-state index contributed by atoms with van der Waals surface area (Å²) < 4.78 is 11.2. The molecule has 0 radical (unpaired) electrons. The van der Waals surface area contributed by atoms with E-state index >= 15 is 0 Å². The number of H-pyrrole nitrogens is 1. The predicted octanol–water partition coefficient (Wildman–Crippen LogP) is 7.01. The monoisotopic (exact) mass is 557 g/mol. The molecule has 10 heteroatoms. The van der Waals surface area contributed by atoms with E-state index in [9.17, 15) is 14.4 Å². The number of hydrogen-bond acceptors (Lipinski definition) is 5. The largest absolute Gasteiger partial charge is 0.455 e. The normalized spacial score (nSPS) is 15.5. The second kappa shape index (κ2) is 10.0. The Kier molecular flexibility index (Phi) is 7.25. The zero-order valence-corrected chi connectivity index (χ0v) is 23.5. The molecule has 3 aromatic rings. The number of benzene rings is 2. The highest BCUT2D eigenvalue weighted by atomic mass is 35.5. The quantitative estimate of drug-likeness (QED) is 0.276. The Morgan fingerprint density at radius 2 is 1.61 bits per heavy atom. The molecule has 1 aliphatic rings. The van der Waals surface area contributed by atoms with E-state index < -0.39 is 29.2 Å². The Morgan fingerprint density at radius 3 is 2.21 bits per heavy atom. The van der Waals surface area contributed by atoms with Gasteiger partial charge in [-0.25, -0.2) is 19.6 Å². The van der Waals surface area contributed by atoms with Crippen LogP contribution in [0.3, 0.4) is 0 Å². The van der Waals surface area contributed by atoms with E-state index in [0.717, 1.165) is 0 Å². The molecular formula is C28H29Cl2N3O5. The van der Waals surface area contributed by atoms with Crippen molar-refractivity contribution in [2.75, 3.05) is 11.6 Å². The van der Waals surface area contributed by atoms with Crippen molar-refractivity contribution in [3.05, 3.63) is 69.3 Å². The van der Waals surface area contributed by atoms with E-state index in [1.54, 1.807) is 84.0 Å². The first-order chi connectivity index (χ1) is 17.6. The molecule has 0 bridgehead atoms. The number of para-hydroxylation sites is 1. The third kappa shape index (κ3) is 5.81. The number of hydrogen-bond donors (Lipinski definition) is 1. The predicted molar refractivity (Wildman–Crippen MR) is 148 cm³/mol. The summed E-state index contributed by atoms with van der Waals surface area (Å²) in [5.74, 6) is -1.07. The first-order valence-electron chi connectivity index (χ1n) is 12.0. The minimum absolute atomic E-state index is 0.0890. The molecule has 8 nitrogen and oxygen atoms in total. The van der Waals surface area contributed by atoms with Gasteiger partial charge in [0, 0.05) is 27.1 Å². The molecule has 0 saturated carbocycles. The number of anilines is 1. The van der Waals surface area contributed by atoms with Crippen LogP contribution >= 0.6 is 23.2 Å². The highest BCUT2D eigenvalue weighted by Crippen LogP contribution is 2.36. The van der Waals surface area contributed by atoms with Gasteiger partial charge in [-0.3, -0.25) is 4.79 Å². The number of ether oxygens (including phenoxy) is 2. The first kappa shape index (κ1) is 27.5. The topological polar surface area (TPSA) is 91.9 Å². The Morgan fingerprint density at radius 1 is 0.974 bits per heavy atom. The SMILES string of the molecule is CC(C)(C)OC(=O)c1[nH]c2cc(Cl)cc(Cl)c2c1C=C1CN(C(=O)OC(C)(C)C)N(c2ccccc2)C1=O. The maximum Gasteiger partial charge on any atom is 0.430 e. The Hall–Kier alpha value is -3.49. The fourth-order valence-corrected chi connectivity index (χ4v) is 4.62. The number of rotatable bonds is 3. The molecule has 2 heterocycles. The maximum absolute atomic E-state index is 13.7. The molecule has 0 unspecified atom stereocenters. The maximum atomic E-state index is 13.7. The fraction of sp³-hybridized carbons (Fsp3) is 0.321. The van der Waals surface area contributed by atoms with Crippen LogP contribution in [0.5, 0.6) is 0 Å². The third-order valence-corrected chi connectivity index (χ3v) is 5.92. The van der Waals surface area contributed by atoms with Crippen molar-refractivity contribution in [1.29, 1.82) is 0 Å². The fourth-order valence-electron chi connectivity index (χ4n) is 4.02. The smallest absolute Gasteiger partial charge is 0.430 e. The van der Waals surface area contributed by atoms with Crippen molar-refractivity contribution in [3.63, 3.8) is 0 Å². The molecular weight excluding hydrogens is 529 g/mol. The average Bonchev–Trinajstić information content (AvgIpc) is 3.30. The number of nitrogens with zero attached hydrogens (tertiary/aromatic N) is 2. The van der Waals surface area contributed by atoms with Gasteiger partial charge in [0.05, 0.1) is 17.3 Å². The second-order valence-electron chi connectivity index (χ2n) is 10.9. The van der Waals surface area contributed by atoms with Crippen molar-refractivity contribution in [2.24, 2.45) is 0 Å². The van der Waals surface area contributed by atoms with Gasteiger partial charge in [0.25, 0.3) is 5.91 Å². The van der Waals surface area contributed by atoms with Gasteiger partial charge in [0.15, 0.2) is 0 Å². The molecule has 0 spiro atoms. The minimum atomic E-state index is -0.775. The van der Waals surface area contributed by atoms with Gasteiger partial charge >= 0.3 is 12.1 Å². The van der Waals surface area contributed by atoms with Crippen LogP contribution in [-0.4, -0.2) is 45.7 Å². The van der Waals surface area contributed by atoms with Gasteiger partial charge in [-0.2, -0.15) is 0 Å². The summed E-state index contributed by atoms with van der Waals surface area (Å²) in [7, 11) is 0. The lowest BCUT2D eigenvalue weighted by molar-refractivity contribution is -0.115. The highest BCUT2D eigenvalue weighted by molar-refractivity contribution is 6.39. The molecule has 1 saturated heterocycles. The lowest BCUT2D eigenvalue weighted by atomic mass is 10.1. The minimum Gasteiger partial charge on any atom is -0.455 e. The van der Waals surface area contributed by atoms with Crippen molar-refractivity contribution < 1.29 is 23.9 Å². The molecule has 2 amide bonds. The third-order valence-electron chi connectivity index (χ3n) is 5.41. The lowest BCUT2D eigenvalue weighted by Crippen LogP contribution is -2.45. The lowest BCUT2D eigenvalue weighted by Gasteiger charge is -2.29. The van der Waals surface area contributed by atoms with Crippen molar-refractivity contribution in [3.8, 4) is 0 Å². The van der Waals surface area contributed by atoms with Crippen LogP contribution in [0.25, 0.3) is 17.0 Å². The first-order valence-corrected chi connectivity index (χ1v) is 12.7. The van der Waals surface area contributed by atoms with Crippen molar-refractivity contribution in [1.82, 2.24) is 9.99 Å². The van der Waals surface area contributed by atoms with Gasteiger partial charge in [-0.1, -0.05) is 41.4 Å². The van der Waals surface area contributed by atoms with Crippen LogP contribution < -0.4 is 5.01 Å². The summed E-state index contributed by atoms with van der Waals surface area (Å²) in [5.41, 5.74) is 0.173. The molecule has 4 rings (SSSR count). The van der Waals surface area contributed by atoms with Crippen molar-refractivity contribution >= 4 is 63.8 Å². The molecule has 38 heavy (non-hydrogen) atoms. The van der Waals surface area contributed by atoms with Gasteiger partial charge < -0.3 is 14.5 Å². The number of esters is 1. The number of carbonyl (C=O) groups is 3.